The lowest BCUT2D eigenvalue weighted by Crippen LogP contribution is -2.58. The highest BCUT2D eigenvalue weighted by Gasteiger charge is 2.59. The van der Waals surface area contributed by atoms with Crippen LogP contribution >= 0.6 is 0 Å². The lowest BCUT2D eigenvalue weighted by atomic mass is 9.80. The van der Waals surface area contributed by atoms with Crippen molar-refractivity contribution < 1.29 is 28.2 Å². The normalized spacial score (nSPS) is 32.8. The molecular formula is C18H32O6Si. The third-order valence-electron chi connectivity index (χ3n) is 5.63. The molecule has 0 amide bonds. The molecule has 0 spiro atoms. The van der Waals surface area contributed by atoms with Gasteiger partial charge in [-0.2, -0.15) is 0 Å². The van der Waals surface area contributed by atoms with E-state index in [0.29, 0.717) is 6.42 Å². The molecule has 1 saturated heterocycles. The van der Waals surface area contributed by atoms with Gasteiger partial charge in [-0.25, -0.2) is 0 Å². The molecule has 0 aromatic heterocycles. The van der Waals surface area contributed by atoms with Crippen LogP contribution in [0.3, 0.4) is 0 Å². The standard InChI is InChI=1S/C18H32O6Si/c1-12(19)21-14-9-8-10-18(24-25(6,7)17(3,4)5)11-15(22-13(2)20)23-16(14)18/h14-16H,8-11H2,1-7H3/t14-,15?,16-,18+/m0/s1. The van der Waals surface area contributed by atoms with Gasteiger partial charge in [-0.15, -0.1) is 0 Å². The molecule has 0 aromatic rings. The van der Waals surface area contributed by atoms with E-state index in [4.69, 9.17) is 18.6 Å². The molecule has 2 fully saturated rings. The summed E-state index contributed by atoms with van der Waals surface area (Å²) < 4.78 is 23.7. The van der Waals surface area contributed by atoms with E-state index in [-0.39, 0.29) is 23.1 Å². The van der Waals surface area contributed by atoms with Crippen LogP contribution in [0, 0.1) is 0 Å². The summed E-state index contributed by atoms with van der Waals surface area (Å²) in [5, 5.41) is 0.0419. The molecule has 1 aliphatic heterocycles. The van der Waals surface area contributed by atoms with Crippen molar-refractivity contribution in [2.45, 2.75) is 103 Å². The average molecular weight is 373 g/mol. The zero-order chi connectivity index (χ0) is 19.0. The van der Waals surface area contributed by atoms with E-state index in [9.17, 15) is 9.59 Å². The highest BCUT2D eigenvalue weighted by Crippen LogP contribution is 2.50. The van der Waals surface area contributed by atoms with E-state index in [1.807, 2.05) is 0 Å². The molecule has 144 valence electrons. The van der Waals surface area contributed by atoms with Gasteiger partial charge in [0.05, 0.1) is 5.60 Å². The number of carbonyl (C=O) groups is 2. The number of esters is 2. The van der Waals surface area contributed by atoms with Gasteiger partial charge in [0.15, 0.2) is 8.32 Å². The SMILES string of the molecule is CC(=O)OC1C[C@]2(O[Si](C)(C)C(C)(C)C)CCC[C@H](OC(C)=O)[C@@H]2O1. The summed E-state index contributed by atoms with van der Waals surface area (Å²) in [7, 11) is -2.09. The van der Waals surface area contributed by atoms with Crippen LogP contribution < -0.4 is 0 Å². The molecular weight excluding hydrogens is 340 g/mol. The van der Waals surface area contributed by atoms with Crippen molar-refractivity contribution in [3.05, 3.63) is 0 Å². The van der Waals surface area contributed by atoms with Crippen molar-refractivity contribution in [2.75, 3.05) is 0 Å². The predicted octanol–water partition coefficient (Wildman–Crippen LogP) is 3.54. The van der Waals surface area contributed by atoms with E-state index in [0.717, 1.165) is 19.3 Å². The molecule has 0 bridgehead atoms. The van der Waals surface area contributed by atoms with Gasteiger partial charge in [-0.1, -0.05) is 20.8 Å². The van der Waals surface area contributed by atoms with Crippen LogP contribution in [0.25, 0.3) is 0 Å². The molecule has 1 aliphatic carbocycles. The highest BCUT2D eigenvalue weighted by molar-refractivity contribution is 6.74. The summed E-state index contributed by atoms with van der Waals surface area (Å²) in [6.07, 6.45) is 1.52. The quantitative estimate of drug-likeness (QED) is 0.555. The third kappa shape index (κ3) is 4.44. The van der Waals surface area contributed by atoms with Crippen molar-refractivity contribution in [1.29, 1.82) is 0 Å². The molecule has 4 atom stereocenters. The summed E-state index contributed by atoms with van der Waals surface area (Å²) in [5.74, 6) is -0.706. The van der Waals surface area contributed by atoms with E-state index >= 15 is 0 Å². The van der Waals surface area contributed by atoms with Crippen LogP contribution in [-0.2, 0) is 28.2 Å². The molecule has 6 nitrogen and oxygen atoms in total. The van der Waals surface area contributed by atoms with Gasteiger partial charge >= 0.3 is 11.9 Å². The topological polar surface area (TPSA) is 71.1 Å². The highest BCUT2D eigenvalue weighted by atomic mass is 28.4. The average Bonchev–Trinajstić information content (AvgIpc) is 2.73. The Morgan fingerprint density at radius 3 is 2.24 bits per heavy atom. The first-order chi connectivity index (χ1) is 11.4. The minimum absolute atomic E-state index is 0.0419. The molecule has 7 heteroatoms. The minimum atomic E-state index is -2.09. The number of fused-ring (bicyclic) bond motifs is 1. The molecule has 1 saturated carbocycles. The Bertz CT molecular complexity index is 526. The van der Waals surface area contributed by atoms with Crippen LogP contribution in [-0.4, -0.2) is 44.4 Å². The summed E-state index contributed by atoms with van der Waals surface area (Å²) >= 11 is 0. The molecule has 1 unspecified atom stereocenters. The first kappa shape index (κ1) is 20.4. The van der Waals surface area contributed by atoms with Crippen molar-refractivity contribution in [3.8, 4) is 0 Å². The maximum Gasteiger partial charge on any atom is 0.304 e. The minimum Gasteiger partial charge on any atom is -0.460 e. The fraction of sp³-hybridized carbons (Fsp3) is 0.889. The molecule has 0 aromatic carbocycles. The summed E-state index contributed by atoms with van der Waals surface area (Å²) in [6, 6.07) is 0. The Kier molecular flexibility index (Phi) is 5.71. The van der Waals surface area contributed by atoms with E-state index in [1.165, 1.54) is 13.8 Å². The second-order valence-electron chi connectivity index (χ2n) is 8.77. The van der Waals surface area contributed by atoms with E-state index < -0.39 is 26.3 Å². The molecule has 1 heterocycles. The smallest absolute Gasteiger partial charge is 0.304 e. The van der Waals surface area contributed by atoms with Gasteiger partial charge in [-0.05, 0) is 37.4 Å². The number of ether oxygens (including phenoxy) is 3. The largest absolute Gasteiger partial charge is 0.460 e. The van der Waals surface area contributed by atoms with Crippen LogP contribution in [0.4, 0.5) is 0 Å². The van der Waals surface area contributed by atoms with Gasteiger partial charge in [-0.3, -0.25) is 9.59 Å². The molecule has 2 aliphatic rings. The van der Waals surface area contributed by atoms with Crippen LogP contribution in [0.1, 0.15) is 60.3 Å². The van der Waals surface area contributed by atoms with Crippen molar-refractivity contribution in [1.82, 2.24) is 0 Å². The summed E-state index contributed by atoms with van der Waals surface area (Å²) in [4.78, 5) is 22.9. The summed E-state index contributed by atoms with van der Waals surface area (Å²) in [6.45, 7) is 13.8. The monoisotopic (exact) mass is 372 g/mol. The molecule has 25 heavy (non-hydrogen) atoms. The van der Waals surface area contributed by atoms with Crippen LogP contribution in [0.2, 0.25) is 18.1 Å². The van der Waals surface area contributed by atoms with E-state index in [2.05, 4.69) is 33.9 Å². The lowest BCUT2D eigenvalue weighted by molar-refractivity contribution is -0.195. The van der Waals surface area contributed by atoms with E-state index in [1.54, 1.807) is 0 Å². The first-order valence-corrected chi connectivity index (χ1v) is 12.0. The second kappa shape index (κ2) is 7.00. The fourth-order valence-corrected chi connectivity index (χ4v) is 5.18. The fourth-order valence-electron chi connectivity index (χ4n) is 3.56. The van der Waals surface area contributed by atoms with Crippen molar-refractivity contribution >= 4 is 20.3 Å². The zero-order valence-electron chi connectivity index (χ0n) is 16.5. The number of rotatable bonds is 4. The van der Waals surface area contributed by atoms with Gasteiger partial charge < -0.3 is 18.6 Å². The third-order valence-corrected chi connectivity index (χ3v) is 10.2. The van der Waals surface area contributed by atoms with Gasteiger partial charge in [0, 0.05) is 20.3 Å². The number of carbonyl (C=O) groups excluding carboxylic acids is 2. The number of hydrogen-bond donors (Lipinski definition) is 0. The van der Waals surface area contributed by atoms with Crippen LogP contribution in [0.15, 0.2) is 0 Å². The maximum atomic E-state index is 11.5. The van der Waals surface area contributed by atoms with Gasteiger partial charge in [0.2, 0.25) is 6.29 Å². The zero-order valence-corrected chi connectivity index (χ0v) is 17.5. The number of hydrogen-bond acceptors (Lipinski definition) is 6. The first-order valence-electron chi connectivity index (χ1n) is 9.06. The maximum absolute atomic E-state index is 11.5. The lowest BCUT2D eigenvalue weighted by Gasteiger charge is -2.49. The van der Waals surface area contributed by atoms with Crippen LogP contribution in [0.5, 0.6) is 0 Å². The molecule has 0 radical (unpaired) electrons. The Labute approximate surface area is 151 Å². The van der Waals surface area contributed by atoms with Crippen molar-refractivity contribution in [3.63, 3.8) is 0 Å². The summed E-state index contributed by atoms with van der Waals surface area (Å²) in [5.41, 5.74) is -0.568. The Balaban J connectivity index is 2.31. The Hall–Kier alpha value is -0.923. The predicted molar refractivity (Wildman–Crippen MR) is 95.5 cm³/mol. The molecule has 0 N–H and O–H groups in total. The van der Waals surface area contributed by atoms with Crippen molar-refractivity contribution in [2.24, 2.45) is 0 Å². The van der Waals surface area contributed by atoms with Gasteiger partial charge in [0.25, 0.3) is 0 Å². The van der Waals surface area contributed by atoms with Gasteiger partial charge in [0.1, 0.15) is 12.2 Å². The molecule has 2 rings (SSSR count). The Morgan fingerprint density at radius 1 is 1.12 bits per heavy atom. The second-order valence-corrected chi connectivity index (χ2v) is 13.5. The Morgan fingerprint density at radius 2 is 1.72 bits per heavy atom.